The van der Waals surface area contributed by atoms with E-state index < -0.39 is 12.1 Å². The van der Waals surface area contributed by atoms with Crippen molar-refractivity contribution in [2.24, 2.45) is 0 Å². The van der Waals surface area contributed by atoms with E-state index >= 15 is 0 Å². The van der Waals surface area contributed by atoms with Gasteiger partial charge in [0.05, 0.1) is 18.7 Å². The number of carbonyl (C=O) groups excluding carboxylic acids is 1. The molecule has 0 bridgehead atoms. The fraction of sp³-hybridized carbons (Fsp3) is 0.167. The van der Waals surface area contributed by atoms with E-state index in [2.05, 4.69) is 16.6 Å². The minimum atomic E-state index is -1.06. The van der Waals surface area contributed by atoms with E-state index in [-0.39, 0.29) is 0 Å². The Hall–Kier alpha value is -2.30. The molecular formula is C12H9NO3. The lowest BCUT2D eigenvalue weighted by Crippen LogP contribution is -1.98. The lowest BCUT2D eigenvalue weighted by Gasteiger charge is -2.02. The number of aliphatic hydroxyl groups is 1. The van der Waals surface area contributed by atoms with Crippen molar-refractivity contribution in [3.8, 4) is 17.9 Å². The van der Waals surface area contributed by atoms with Crippen LogP contribution in [-0.4, -0.2) is 18.2 Å². The summed E-state index contributed by atoms with van der Waals surface area (Å²) < 4.78 is 4.31. The van der Waals surface area contributed by atoms with Gasteiger partial charge in [-0.1, -0.05) is 18.1 Å². The molecule has 4 heteroatoms. The molecule has 4 nitrogen and oxygen atoms in total. The second-order valence-electron chi connectivity index (χ2n) is 2.90. The zero-order valence-corrected chi connectivity index (χ0v) is 8.60. The van der Waals surface area contributed by atoms with Crippen LogP contribution < -0.4 is 0 Å². The molecule has 0 aliphatic rings. The number of esters is 1. The van der Waals surface area contributed by atoms with E-state index in [1.54, 1.807) is 24.3 Å². The van der Waals surface area contributed by atoms with Crippen LogP contribution in [0, 0.1) is 23.2 Å². The predicted octanol–water partition coefficient (Wildman–Crippen LogP) is 0.768. The minimum absolute atomic E-state index is 0.497. The van der Waals surface area contributed by atoms with E-state index in [4.69, 9.17) is 5.26 Å². The summed E-state index contributed by atoms with van der Waals surface area (Å²) in [5.74, 6) is 3.77. The quantitative estimate of drug-likeness (QED) is 0.426. The molecule has 0 radical (unpaired) electrons. The van der Waals surface area contributed by atoms with Gasteiger partial charge in [-0.15, -0.1) is 0 Å². The number of ether oxygens (including phenoxy) is 1. The molecule has 0 spiro atoms. The summed E-state index contributed by atoms with van der Waals surface area (Å²) in [5.41, 5.74) is 1.02. The van der Waals surface area contributed by atoms with E-state index in [0.717, 1.165) is 0 Å². The molecule has 0 saturated carbocycles. The van der Waals surface area contributed by atoms with Gasteiger partial charge in [-0.05, 0) is 17.7 Å². The molecule has 1 atom stereocenters. The summed E-state index contributed by atoms with van der Waals surface area (Å²) in [7, 11) is 1.21. The third-order valence-electron chi connectivity index (χ3n) is 1.85. The number of methoxy groups -OCH3 is 1. The largest absolute Gasteiger partial charge is 0.459 e. The molecule has 80 valence electrons. The average Bonchev–Trinajstić information content (AvgIpc) is 2.35. The highest BCUT2D eigenvalue weighted by Crippen LogP contribution is 2.12. The van der Waals surface area contributed by atoms with Crippen LogP contribution in [0.3, 0.4) is 0 Å². The molecule has 0 fully saturated rings. The molecule has 1 rings (SSSR count). The van der Waals surface area contributed by atoms with Gasteiger partial charge in [0.2, 0.25) is 0 Å². The molecule has 0 heterocycles. The van der Waals surface area contributed by atoms with Crippen LogP contribution in [0.4, 0.5) is 0 Å². The molecule has 0 aliphatic carbocycles. The summed E-state index contributed by atoms with van der Waals surface area (Å²) in [4.78, 5) is 10.7. The Bertz CT molecular complexity index is 474. The van der Waals surface area contributed by atoms with Crippen LogP contribution in [0.1, 0.15) is 17.2 Å². The van der Waals surface area contributed by atoms with Crippen molar-refractivity contribution in [2.75, 3.05) is 7.11 Å². The van der Waals surface area contributed by atoms with Crippen molar-refractivity contribution in [1.82, 2.24) is 0 Å². The molecule has 0 amide bonds. The topological polar surface area (TPSA) is 70.3 Å². The second kappa shape index (κ2) is 5.55. The lowest BCUT2D eigenvalue weighted by atomic mass is 10.1. The first kappa shape index (κ1) is 11.8. The predicted molar refractivity (Wildman–Crippen MR) is 55.9 cm³/mol. The Balaban J connectivity index is 2.80. The highest BCUT2D eigenvalue weighted by atomic mass is 16.5. The maximum absolute atomic E-state index is 10.7. The summed E-state index contributed by atoms with van der Waals surface area (Å²) in [5, 5.41) is 18.1. The number of rotatable bonds is 1. The van der Waals surface area contributed by atoms with Crippen LogP contribution >= 0.6 is 0 Å². The first-order chi connectivity index (χ1) is 7.67. The van der Waals surface area contributed by atoms with Gasteiger partial charge in [-0.3, -0.25) is 0 Å². The Morgan fingerprint density at radius 3 is 2.56 bits per heavy atom. The number of hydrogen-bond acceptors (Lipinski definition) is 4. The fourth-order valence-electron chi connectivity index (χ4n) is 1.00. The molecule has 1 aromatic rings. The van der Waals surface area contributed by atoms with Gasteiger partial charge in [0, 0.05) is 5.92 Å². The zero-order valence-electron chi connectivity index (χ0n) is 8.60. The van der Waals surface area contributed by atoms with Gasteiger partial charge in [0.25, 0.3) is 0 Å². The fourth-order valence-corrected chi connectivity index (χ4v) is 1.00. The van der Waals surface area contributed by atoms with Crippen molar-refractivity contribution in [3.63, 3.8) is 0 Å². The number of benzene rings is 1. The SMILES string of the molecule is COC(=O)C#CC(O)c1ccc(C#N)cc1. The van der Waals surface area contributed by atoms with Crippen LogP contribution in [0.25, 0.3) is 0 Å². The highest BCUT2D eigenvalue weighted by Gasteiger charge is 2.03. The smallest absolute Gasteiger partial charge is 0.384 e. The minimum Gasteiger partial charge on any atom is -0.459 e. The molecule has 16 heavy (non-hydrogen) atoms. The van der Waals surface area contributed by atoms with Crippen molar-refractivity contribution in [3.05, 3.63) is 35.4 Å². The van der Waals surface area contributed by atoms with Crippen LogP contribution in [-0.2, 0) is 9.53 Å². The molecule has 1 N–H and O–H groups in total. The summed E-state index contributed by atoms with van der Waals surface area (Å²) in [6.07, 6.45) is -1.06. The van der Waals surface area contributed by atoms with Crippen molar-refractivity contribution in [1.29, 1.82) is 5.26 Å². The normalized spacial score (nSPS) is 10.6. The van der Waals surface area contributed by atoms with E-state index in [1.807, 2.05) is 6.07 Å². The maximum atomic E-state index is 10.7. The van der Waals surface area contributed by atoms with Crippen molar-refractivity contribution < 1.29 is 14.6 Å². The van der Waals surface area contributed by atoms with Gasteiger partial charge in [-0.25, -0.2) is 4.79 Å². The van der Waals surface area contributed by atoms with Crippen LogP contribution in [0.5, 0.6) is 0 Å². The number of hydrogen-bond donors (Lipinski definition) is 1. The molecule has 1 unspecified atom stereocenters. The lowest BCUT2D eigenvalue weighted by molar-refractivity contribution is -0.133. The first-order valence-electron chi connectivity index (χ1n) is 4.45. The van der Waals surface area contributed by atoms with E-state index in [0.29, 0.717) is 11.1 Å². The Labute approximate surface area is 93.1 Å². The molecule has 0 aliphatic heterocycles. The van der Waals surface area contributed by atoms with Crippen LogP contribution in [0.15, 0.2) is 24.3 Å². The van der Waals surface area contributed by atoms with E-state index in [9.17, 15) is 9.90 Å². The number of nitrogens with zero attached hydrogens (tertiary/aromatic N) is 1. The summed E-state index contributed by atoms with van der Waals surface area (Å²) in [6.45, 7) is 0. The van der Waals surface area contributed by atoms with E-state index in [1.165, 1.54) is 7.11 Å². The first-order valence-corrected chi connectivity index (χ1v) is 4.45. The summed E-state index contributed by atoms with van der Waals surface area (Å²) >= 11 is 0. The number of nitriles is 1. The highest BCUT2D eigenvalue weighted by molar-refractivity contribution is 5.88. The van der Waals surface area contributed by atoms with Gasteiger partial charge < -0.3 is 9.84 Å². The molecule has 0 aromatic heterocycles. The molecular weight excluding hydrogens is 206 g/mol. The second-order valence-corrected chi connectivity index (χ2v) is 2.90. The van der Waals surface area contributed by atoms with Gasteiger partial charge in [-0.2, -0.15) is 5.26 Å². The van der Waals surface area contributed by atoms with Gasteiger partial charge in [0.15, 0.2) is 0 Å². The molecule has 0 saturated heterocycles. The maximum Gasteiger partial charge on any atom is 0.384 e. The summed E-state index contributed by atoms with van der Waals surface area (Å²) in [6, 6.07) is 8.25. The van der Waals surface area contributed by atoms with Crippen molar-refractivity contribution >= 4 is 5.97 Å². The van der Waals surface area contributed by atoms with Crippen LogP contribution in [0.2, 0.25) is 0 Å². The van der Waals surface area contributed by atoms with Gasteiger partial charge >= 0.3 is 5.97 Å². The Morgan fingerprint density at radius 2 is 2.06 bits per heavy atom. The third-order valence-corrected chi connectivity index (χ3v) is 1.85. The standard InChI is InChI=1S/C12H9NO3/c1-16-12(15)7-6-11(14)10-4-2-9(8-13)3-5-10/h2-5,11,14H,1H3. The van der Waals surface area contributed by atoms with Gasteiger partial charge in [0.1, 0.15) is 6.10 Å². The average molecular weight is 215 g/mol. The number of aliphatic hydroxyl groups excluding tert-OH is 1. The Kier molecular flexibility index (Phi) is 4.08. The van der Waals surface area contributed by atoms with Crippen molar-refractivity contribution in [2.45, 2.75) is 6.10 Å². The molecule has 1 aromatic carbocycles. The monoisotopic (exact) mass is 215 g/mol. The zero-order chi connectivity index (χ0) is 12.0. The third kappa shape index (κ3) is 3.13. The Morgan fingerprint density at radius 1 is 1.44 bits per heavy atom. The number of carbonyl (C=O) groups is 1.